The topological polar surface area (TPSA) is 97.9 Å². The largest absolute Gasteiger partial charge is 0.469 e. The van der Waals surface area contributed by atoms with E-state index in [1.807, 2.05) is 39.1 Å². The monoisotopic (exact) mass is 482 g/mol. The number of ether oxygens (including phenoxy) is 3. The minimum absolute atomic E-state index is 0.0704. The molecule has 8 heteroatoms. The highest BCUT2D eigenvalue weighted by atomic mass is 16.6. The second kappa shape index (κ2) is 9.40. The van der Waals surface area contributed by atoms with Crippen LogP contribution < -0.4 is 0 Å². The summed E-state index contributed by atoms with van der Waals surface area (Å²) < 4.78 is 16.3. The summed E-state index contributed by atoms with van der Waals surface area (Å²) in [6, 6.07) is 8.13. The Balaban J connectivity index is 1.80. The van der Waals surface area contributed by atoms with E-state index in [1.165, 1.54) is 25.0 Å². The van der Waals surface area contributed by atoms with Crippen LogP contribution in [0.1, 0.15) is 58.3 Å². The summed E-state index contributed by atoms with van der Waals surface area (Å²) in [5.41, 5.74) is 3.11. The fourth-order valence-corrected chi connectivity index (χ4v) is 5.42. The van der Waals surface area contributed by atoms with E-state index >= 15 is 0 Å². The summed E-state index contributed by atoms with van der Waals surface area (Å²) in [6.07, 6.45) is 2.35. The molecule has 3 heterocycles. The molecular formula is C27H34N2O6. The van der Waals surface area contributed by atoms with Crippen molar-refractivity contribution in [3.05, 3.63) is 47.3 Å². The van der Waals surface area contributed by atoms with Gasteiger partial charge in [-0.1, -0.05) is 18.2 Å². The van der Waals surface area contributed by atoms with E-state index in [0.29, 0.717) is 12.0 Å². The number of rotatable bonds is 5. The number of esters is 3. The molecule has 8 nitrogen and oxygen atoms in total. The van der Waals surface area contributed by atoms with Gasteiger partial charge in [-0.25, -0.2) is 4.79 Å². The van der Waals surface area contributed by atoms with Gasteiger partial charge in [0.2, 0.25) is 0 Å². The fraction of sp³-hybridized carbons (Fsp3) is 0.519. The van der Waals surface area contributed by atoms with Gasteiger partial charge < -0.3 is 24.1 Å². The van der Waals surface area contributed by atoms with Crippen LogP contribution in [-0.4, -0.2) is 53.2 Å². The Bertz CT molecular complexity index is 1170. The average Bonchev–Trinajstić information content (AvgIpc) is 3.16. The minimum Gasteiger partial charge on any atom is -0.469 e. The lowest BCUT2D eigenvalue weighted by atomic mass is 9.74. The summed E-state index contributed by atoms with van der Waals surface area (Å²) in [7, 11) is 1.30. The number of aromatic amines is 1. The van der Waals surface area contributed by atoms with Crippen molar-refractivity contribution in [1.29, 1.82) is 0 Å². The average molecular weight is 483 g/mol. The van der Waals surface area contributed by atoms with Crippen LogP contribution in [0.4, 0.5) is 0 Å². The Labute approximate surface area is 205 Å². The number of hydrogen-bond acceptors (Lipinski definition) is 7. The van der Waals surface area contributed by atoms with Crippen molar-refractivity contribution in [3.63, 3.8) is 0 Å². The maximum absolute atomic E-state index is 13.4. The van der Waals surface area contributed by atoms with Gasteiger partial charge in [0.05, 0.1) is 18.7 Å². The molecule has 0 saturated heterocycles. The zero-order valence-electron chi connectivity index (χ0n) is 21.2. The van der Waals surface area contributed by atoms with Gasteiger partial charge in [0.15, 0.2) is 0 Å². The van der Waals surface area contributed by atoms with Crippen LogP contribution in [0.25, 0.3) is 10.9 Å². The minimum atomic E-state index is -0.862. The number of nitrogens with one attached hydrogen (secondary N) is 1. The van der Waals surface area contributed by atoms with Crippen LogP contribution in [0, 0.1) is 11.8 Å². The van der Waals surface area contributed by atoms with Gasteiger partial charge in [0.1, 0.15) is 17.6 Å². The number of aromatic nitrogens is 1. The maximum atomic E-state index is 13.4. The lowest BCUT2D eigenvalue weighted by Crippen LogP contribution is -2.45. The predicted octanol–water partition coefficient (Wildman–Crippen LogP) is 4.05. The van der Waals surface area contributed by atoms with Gasteiger partial charge in [0.25, 0.3) is 0 Å². The van der Waals surface area contributed by atoms with Crippen molar-refractivity contribution in [3.8, 4) is 0 Å². The molecule has 2 aromatic rings. The first-order chi connectivity index (χ1) is 16.5. The number of para-hydroxylation sites is 1. The van der Waals surface area contributed by atoms with Gasteiger partial charge in [-0.3, -0.25) is 9.59 Å². The smallest absolute Gasteiger partial charge is 0.336 e. The molecule has 1 N–H and O–H groups in total. The molecule has 2 aliphatic heterocycles. The number of hydrogen-bond donors (Lipinski definition) is 1. The fourth-order valence-electron chi connectivity index (χ4n) is 5.42. The Morgan fingerprint density at radius 2 is 1.89 bits per heavy atom. The first-order valence-corrected chi connectivity index (χ1v) is 12.1. The molecule has 35 heavy (non-hydrogen) atoms. The molecule has 0 spiro atoms. The van der Waals surface area contributed by atoms with Crippen molar-refractivity contribution < 1.29 is 28.6 Å². The van der Waals surface area contributed by atoms with Crippen molar-refractivity contribution in [2.24, 2.45) is 11.8 Å². The van der Waals surface area contributed by atoms with Gasteiger partial charge >= 0.3 is 17.9 Å². The molecule has 0 saturated carbocycles. The van der Waals surface area contributed by atoms with Gasteiger partial charge in [-0.15, -0.1) is 0 Å². The highest BCUT2D eigenvalue weighted by molar-refractivity contribution is 5.91. The third-order valence-electron chi connectivity index (χ3n) is 6.78. The molecule has 0 radical (unpaired) electrons. The van der Waals surface area contributed by atoms with E-state index in [1.54, 1.807) is 6.92 Å². The summed E-state index contributed by atoms with van der Waals surface area (Å²) in [5, 5.41) is 1.19. The number of fused-ring (bicyclic) bond motifs is 5. The summed E-state index contributed by atoms with van der Waals surface area (Å²) >= 11 is 0. The van der Waals surface area contributed by atoms with Crippen molar-refractivity contribution in [1.82, 2.24) is 9.88 Å². The van der Waals surface area contributed by atoms with Gasteiger partial charge in [0, 0.05) is 42.2 Å². The maximum Gasteiger partial charge on any atom is 0.336 e. The van der Waals surface area contributed by atoms with E-state index < -0.39 is 41.4 Å². The third-order valence-corrected chi connectivity index (χ3v) is 6.78. The predicted molar refractivity (Wildman–Crippen MR) is 130 cm³/mol. The molecular weight excluding hydrogens is 448 g/mol. The van der Waals surface area contributed by atoms with Crippen molar-refractivity contribution in [2.45, 2.75) is 65.2 Å². The first kappa shape index (κ1) is 24.8. The molecule has 188 valence electrons. The second-order valence-corrected chi connectivity index (χ2v) is 10.4. The molecule has 2 aliphatic rings. The second-order valence-electron chi connectivity index (χ2n) is 10.4. The number of nitrogens with zero attached hydrogens (tertiary/aromatic N) is 1. The van der Waals surface area contributed by atoms with Gasteiger partial charge in [-0.05, 0) is 52.2 Å². The highest BCUT2D eigenvalue weighted by Gasteiger charge is 2.46. The van der Waals surface area contributed by atoms with E-state index in [2.05, 4.69) is 22.0 Å². The van der Waals surface area contributed by atoms with Crippen molar-refractivity contribution in [2.75, 3.05) is 13.7 Å². The number of H-pyrrole nitrogens is 1. The normalized spacial score (nSPS) is 21.3. The van der Waals surface area contributed by atoms with Crippen LogP contribution >= 0.6 is 0 Å². The standard InChI is InChI=1S/C27H34N2O6/c1-15(34-16(2)30)23(26(32)33-6)19-13-22-24-18(17-9-7-8-10-21(17)28-24)11-12-29(22)14-20(19)25(31)35-27(3,4)5/h7-10,14-15,19,22-23,28H,11-13H2,1-6H3/t15-,19-,22+,23+/m1/s1. The Morgan fingerprint density at radius 3 is 2.54 bits per heavy atom. The highest BCUT2D eigenvalue weighted by Crippen LogP contribution is 2.46. The van der Waals surface area contributed by atoms with Crippen LogP contribution in [0.15, 0.2) is 36.0 Å². The molecule has 0 amide bonds. The Hall–Kier alpha value is -3.29. The van der Waals surface area contributed by atoms with Crippen LogP contribution in [0.5, 0.6) is 0 Å². The molecule has 1 aromatic carbocycles. The summed E-state index contributed by atoms with van der Waals surface area (Å²) in [6.45, 7) is 9.13. The van der Waals surface area contributed by atoms with E-state index in [-0.39, 0.29) is 6.04 Å². The molecule has 0 fully saturated rings. The number of benzene rings is 1. The SMILES string of the molecule is COC(=O)[C@H]([C@@H]1C[C@H]2c3[nH]c4ccccc4c3CCN2C=C1C(=O)OC(C)(C)C)[C@@H](C)OC(C)=O. The molecule has 0 unspecified atom stereocenters. The van der Waals surface area contributed by atoms with Crippen LogP contribution in [0.3, 0.4) is 0 Å². The third kappa shape index (κ3) is 4.92. The van der Waals surface area contributed by atoms with E-state index in [0.717, 1.165) is 24.2 Å². The molecule has 4 rings (SSSR count). The van der Waals surface area contributed by atoms with Crippen LogP contribution in [0.2, 0.25) is 0 Å². The number of methoxy groups -OCH3 is 1. The zero-order valence-corrected chi connectivity index (χ0v) is 21.2. The molecule has 0 aliphatic carbocycles. The molecule has 0 bridgehead atoms. The van der Waals surface area contributed by atoms with Crippen molar-refractivity contribution >= 4 is 28.8 Å². The first-order valence-electron chi connectivity index (χ1n) is 12.1. The quantitative estimate of drug-likeness (QED) is 0.507. The molecule has 1 aromatic heterocycles. The van der Waals surface area contributed by atoms with E-state index in [9.17, 15) is 14.4 Å². The van der Waals surface area contributed by atoms with Crippen LogP contribution in [-0.2, 0) is 35.0 Å². The summed E-state index contributed by atoms with van der Waals surface area (Å²) in [5.74, 6) is -2.93. The zero-order chi connectivity index (χ0) is 25.5. The Morgan fingerprint density at radius 1 is 1.17 bits per heavy atom. The number of carbonyl (C=O) groups is 3. The lowest BCUT2D eigenvalue weighted by molar-refractivity contribution is -0.161. The molecule has 4 atom stereocenters. The number of carbonyl (C=O) groups excluding carboxylic acids is 3. The Kier molecular flexibility index (Phi) is 6.66. The summed E-state index contributed by atoms with van der Waals surface area (Å²) in [4.78, 5) is 43.9. The van der Waals surface area contributed by atoms with E-state index in [4.69, 9.17) is 14.2 Å². The van der Waals surface area contributed by atoms with Gasteiger partial charge in [-0.2, -0.15) is 0 Å². The lowest BCUT2D eigenvalue weighted by Gasteiger charge is -2.44.